The molecule has 5 heteroatoms. The van der Waals surface area contributed by atoms with Crippen LogP contribution in [0.1, 0.15) is 89.4 Å². The number of rotatable bonds is 5. The van der Waals surface area contributed by atoms with Crippen LogP contribution < -0.4 is 10.1 Å². The van der Waals surface area contributed by atoms with Crippen molar-refractivity contribution in [1.82, 2.24) is 0 Å². The lowest BCUT2D eigenvalue weighted by Crippen LogP contribution is -2.23. The summed E-state index contributed by atoms with van der Waals surface area (Å²) in [5, 5.41) is 2.81. The fourth-order valence-corrected chi connectivity index (χ4v) is 3.28. The van der Waals surface area contributed by atoms with Gasteiger partial charge in [-0.15, -0.1) is 0 Å². The number of carbonyl (C=O) groups excluding carboxylic acids is 2. The minimum absolute atomic E-state index is 0.0823. The number of amides is 1. The van der Waals surface area contributed by atoms with E-state index in [2.05, 4.69) is 73.7 Å². The summed E-state index contributed by atoms with van der Waals surface area (Å²) in [5.41, 5.74) is 3.84. The number of anilines is 1. The van der Waals surface area contributed by atoms with E-state index in [9.17, 15) is 9.59 Å². The van der Waals surface area contributed by atoms with E-state index in [-0.39, 0.29) is 22.9 Å². The highest BCUT2D eigenvalue weighted by Crippen LogP contribution is 2.32. The summed E-state index contributed by atoms with van der Waals surface area (Å²) in [6.07, 6.45) is 0. The molecule has 0 aliphatic rings. The molecular formula is C28H39NO4. The van der Waals surface area contributed by atoms with Gasteiger partial charge in [0.15, 0.2) is 6.61 Å². The Balaban J connectivity index is 2.19. The van der Waals surface area contributed by atoms with Gasteiger partial charge in [0.1, 0.15) is 5.75 Å². The topological polar surface area (TPSA) is 64.6 Å². The van der Waals surface area contributed by atoms with Gasteiger partial charge in [-0.3, -0.25) is 4.79 Å². The van der Waals surface area contributed by atoms with E-state index < -0.39 is 11.9 Å². The Morgan fingerprint density at radius 2 is 1.27 bits per heavy atom. The predicted octanol–water partition coefficient (Wildman–Crippen LogP) is 6.38. The third-order valence-electron chi connectivity index (χ3n) is 5.57. The third kappa shape index (κ3) is 7.08. The van der Waals surface area contributed by atoms with Crippen LogP contribution in [0.4, 0.5) is 5.69 Å². The Morgan fingerprint density at radius 3 is 1.73 bits per heavy atom. The average Bonchev–Trinajstić information content (AvgIpc) is 2.69. The number of benzene rings is 2. The molecule has 0 saturated carbocycles. The Kier molecular flexibility index (Phi) is 7.67. The normalized spacial score (nSPS) is 12.3. The third-order valence-corrected chi connectivity index (χ3v) is 5.57. The maximum Gasteiger partial charge on any atom is 0.338 e. The zero-order valence-electron chi connectivity index (χ0n) is 21.8. The first-order chi connectivity index (χ1) is 15.0. The van der Waals surface area contributed by atoms with Crippen molar-refractivity contribution in [1.29, 1.82) is 0 Å². The summed E-state index contributed by atoms with van der Waals surface area (Å²) in [4.78, 5) is 25.4. The molecule has 0 spiro atoms. The average molecular weight is 454 g/mol. The van der Waals surface area contributed by atoms with Crippen molar-refractivity contribution in [3.63, 3.8) is 0 Å². The van der Waals surface area contributed by atoms with Crippen molar-refractivity contribution in [2.75, 3.05) is 19.0 Å². The van der Waals surface area contributed by atoms with Gasteiger partial charge in [0.2, 0.25) is 0 Å². The number of methoxy groups -OCH3 is 1. The molecule has 33 heavy (non-hydrogen) atoms. The summed E-state index contributed by atoms with van der Waals surface area (Å²) in [7, 11) is 1.55. The Morgan fingerprint density at radius 1 is 0.758 bits per heavy atom. The molecule has 0 aromatic heterocycles. The SMILES string of the molecule is COc1ccc(C(C)(C)C)cc1NC(=O)COC(=O)c1cc(C(C)(C)C)cc(C(C)(C)C)c1. The number of hydrogen-bond donors (Lipinski definition) is 1. The van der Waals surface area contributed by atoms with Crippen LogP contribution in [0.5, 0.6) is 5.75 Å². The zero-order valence-corrected chi connectivity index (χ0v) is 21.8. The van der Waals surface area contributed by atoms with Crippen LogP contribution in [-0.2, 0) is 25.8 Å². The molecule has 2 rings (SSSR count). The largest absolute Gasteiger partial charge is 0.495 e. The Labute approximate surface area is 198 Å². The zero-order chi connectivity index (χ0) is 25.2. The summed E-state index contributed by atoms with van der Waals surface area (Å²) >= 11 is 0. The van der Waals surface area contributed by atoms with E-state index in [0.29, 0.717) is 17.0 Å². The van der Waals surface area contributed by atoms with Gasteiger partial charge in [-0.05, 0) is 57.2 Å². The maximum absolute atomic E-state index is 12.8. The van der Waals surface area contributed by atoms with Gasteiger partial charge >= 0.3 is 5.97 Å². The first-order valence-corrected chi connectivity index (χ1v) is 11.3. The van der Waals surface area contributed by atoms with Gasteiger partial charge in [-0.2, -0.15) is 0 Å². The molecule has 1 amide bonds. The number of hydrogen-bond acceptors (Lipinski definition) is 4. The second-order valence-electron chi connectivity index (χ2n) is 11.6. The van der Waals surface area contributed by atoms with Gasteiger partial charge in [-0.25, -0.2) is 4.79 Å². The van der Waals surface area contributed by atoms with Crippen molar-refractivity contribution >= 4 is 17.6 Å². The molecule has 0 saturated heterocycles. The molecule has 2 aromatic carbocycles. The fourth-order valence-electron chi connectivity index (χ4n) is 3.28. The molecule has 2 aromatic rings. The first kappa shape index (κ1) is 26.4. The molecule has 0 heterocycles. The second kappa shape index (κ2) is 9.58. The van der Waals surface area contributed by atoms with Gasteiger partial charge in [0, 0.05) is 0 Å². The monoisotopic (exact) mass is 453 g/mol. The molecule has 5 nitrogen and oxygen atoms in total. The Bertz CT molecular complexity index is 985. The molecule has 1 N–H and O–H groups in total. The number of esters is 1. The van der Waals surface area contributed by atoms with E-state index in [0.717, 1.165) is 16.7 Å². The van der Waals surface area contributed by atoms with E-state index in [1.807, 2.05) is 30.3 Å². The molecule has 0 bridgehead atoms. The van der Waals surface area contributed by atoms with Crippen LogP contribution in [0, 0.1) is 0 Å². The van der Waals surface area contributed by atoms with Crippen molar-refractivity contribution in [2.24, 2.45) is 0 Å². The lowest BCUT2D eigenvalue weighted by molar-refractivity contribution is -0.119. The van der Waals surface area contributed by atoms with Crippen molar-refractivity contribution in [2.45, 2.75) is 78.6 Å². The van der Waals surface area contributed by atoms with Gasteiger partial charge in [-0.1, -0.05) is 74.4 Å². The maximum atomic E-state index is 12.8. The quantitative estimate of drug-likeness (QED) is 0.533. The van der Waals surface area contributed by atoms with E-state index >= 15 is 0 Å². The fraction of sp³-hybridized carbons (Fsp3) is 0.500. The van der Waals surface area contributed by atoms with E-state index in [4.69, 9.17) is 9.47 Å². The predicted molar refractivity (Wildman–Crippen MR) is 134 cm³/mol. The van der Waals surface area contributed by atoms with E-state index in [1.54, 1.807) is 7.11 Å². The molecule has 0 aliphatic carbocycles. The molecule has 0 atom stereocenters. The standard InChI is InChI=1S/C28H39NO4/c1-26(2,3)19-11-12-23(32-10)22(16-19)29-24(30)17-33-25(31)18-13-20(27(4,5)6)15-21(14-18)28(7,8)9/h11-16H,17H2,1-10H3,(H,29,30). The molecule has 0 unspecified atom stereocenters. The van der Waals surface area contributed by atoms with Crippen LogP contribution in [-0.4, -0.2) is 25.6 Å². The number of carbonyl (C=O) groups is 2. The first-order valence-electron chi connectivity index (χ1n) is 11.3. The Hall–Kier alpha value is -2.82. The van der Waals surface area contributed by atoms with Crippen LogP contribution in [0.2, 0.25) is 0 Å². The molecular weight excluding hydrogens is 414 g/mol. The second-order valence-corrected chi connectivity index (χ2v) is 11.6. The molecule has 0 radical (unpaired) electrons. The summed E-state index contributed by atoms with van der Waals surface area (Å²) in [5.74, 6) is -0.386. The van der Waals surface area contributed by atoms with Crippen molar-refractivity contribution in [3.05, 3.63) is 58.7 Å². The van der Waals surface area contributed by atoms with Crippen LogP contribution >= 0.6 is 0 Å². The van der Waals surface area contributed by atoms with E-state index in [1.165, 1.54) is 0 Å². The van der Waals surface area contributed by atoms with Crippen LogP contribution in [0.25, 0.3) is 0 Å². The highest BCUT2D eigenvalue weighted by molar-refractivity contribution is 5.96. The summed E-state index contributed by atoms with van der Waals surface area (Å²) < 4.78 is 10.8. The van der Waals surface area contributed by atoms with Crippen molar-refractivity contribution < 1.29 is 19.1 Å². The lowest BCUT2D eigenvalue weighted by Gasteiger charge is -2.25. The van der Waals surface area contributed by atoms with Crippen LogP contribution in [0.15, 0.2) is 36.4 Å². The molecule has 0 aliphatic heterocycles. The number of nitrogens with one attached hydrogen (secondary N) is 1. The lowest BCUT2D eigenvalue weighted by atomic mass is 9.79. The van der Waals surface area contributed by atoms with Gasteiger partial charge in [0.05, 0.1) is 18.4 Å². The van der Waals surface area contributed by atoms with Crippen LogP contribution in [0.3, 0.4) is 0 Å². The molecule has 180 valence electrons. The summed E-state index contributed by atoms with van der Waals surface area (Å²) in [6.45, 7) is 18.6. The smallest absolute Gasteiger partial charge is 0.338 e. The minimum Gasteiger partial charge on any atom is -0.495 e. The highest BCUT2D eigenvalue weighted by Gasteiger charge is 2.23. The van der Waals surface area contributed by atoms with Crippen molar-refractivity contribution in [3.8, 4) is 5.75 Å². The minimum atomic E-state index is -0.517. The van der Waals surface area contributed by atoms with Gasteiger partial charge < -0.3 is 14.8 Å². The number of ether oxygens (including phenoxy) is 2. The highest BCUT2D eigenvalue weighted by atomic mass is 16.5. The van der Waals surface area contributed by atoms with Gasteiger partial charge in [0.25, 0.3) is 5.91 Å². The molecule has 0 fully saturated rings. The summed E-state index contributed by atoms with van der Waals surface area (Å²) in [6, 6.07) is 11.5.